The van der Waals surface area contributed by atoms with Gasteiger partial charge in [-0.1, -0.05) is 13.0 Å². The number of aryl methyl sites for hydroxylation is 1. The van der Waals surface area contributed by atoms with Gasteiger partial charge in [0.25, 0.3) is 6.43 Å². The van der Waals surface area contributed by atoms with Crippen molar-refractivity contribution in [1.82, 2.24) is 4.98 Å². The van der Waals surface area contributed by atoms with Crippen LogP contribution in [0, 0.1) is 0 Å². The fourth-order valence-corrected chi connectivity index (χ4v) is 1.74. The second kappa shape index (κ2) is 4.63. The van der Waals surface area contributed by atoms with Crippen molar-refractivity contribution in [3.05, 3.63) is 35.5 Å². The molecule has 0 aliphatic heterocycles. The van der Waals surface area contributed by atoms with Crippen molar-refractivity contribution in [3.8, 4) is 0 Å². The van der Waals surface area contributed by atoms with Crippen LogP contribution in [0.5, 0.6) is 0 Å². The number of nitrogens with two attached hydrogens (primary N) is 1. The second-order valence-corrected chi connectivity index (χ2v) is 3.74. The summed E-state index contributed by atoms with van der Waals surface area (Å²) in [5.41, 5.74) is 4.28. The number of nitrogens with one attached hydrogen (secondary N) is 1. The molecule has 2 rings (SSSR count). The molecule has 0 fully saturated rings. The summed E-state index contributed by atoms with van der Waals surface area (Å²) in [5.74, 6) is 5.35. The smallest absolute Gasteiger partial charge is 0.280 e. The molecule has 3 N–H and O–H groups in total. The van der Waals surface area contributed by atoms with Crippen LogP contribution in [0.3, 0.4) is 0 Å². The molecule has 1 aromatic heterocycles. The number of alkyl halides is 2. The highest BCUT2D eigenvalue weighted by atomic mass is 19.3. The van der Waals surface area contributed by atoms with Gasteiger partial charge in [0, 0.05) is 5.39 Å². The van der Waals surface area contributed by atoms with Crippen molar-refractivity contribution in [2.24, 2.45) is 5.84 Å². The number of rotatable bonds is 3. The number of benzene rings is 1. The van der Waals surface area contributed by atoms with Crippen LogP contribution >= 0.6 is 0 Å². The minimum Gasteiger partial charge on any atom is -0.323 e. The Morgan fingerprint density at radius 3 is 2.71 bits per heavy atom. The highest BCUT2D eigenvalue weighted by Crippen LogP contribution is 2.28. The SMILES string of the molecule is CCc1ccc2nc(C(F)F)cc(NN)c2c1. The zero-order chi connectivity index (χ0) is 12.4. The number of anilines is 1. The van der Waals surface area contributed by atoms with Gasteiger partial charge in [-0.15, -0.1) is 0 Å². The largest absolute Gasteiger partial charge is 0.323 e. The first-order chi connectivity index (χ1) is 8.15. The van der Waals surface area contributed by atoms with Gasteiger partial charge in [0.05, 0.1) is 11.2 Å². The summed E-state index contributed by atoms with van der Waals surface area (Å²) in [5, 5.41) is 0.760. The van der Waals surface area contributed by atoms with E-state index in [-0.39, 0.29) is 5.69 Å². The van der Waals surface area contributed by atoms with Crippen molar-refractivity contribution in [2.45, 2.75) is 19.8 Å². The number of pyridine rings is 1. The molecule has 0 saturated carbocycles. The van der Waals surface area contributed by atoms with Crippen LogP contribution in [0.25, 0.3) is 10.9 Å². The average Bonchev–Trinajstić information content (AvgIpc) is 2.36. The summed E-state index contributed by atoms with van der Waals surface area (Å²) < 4.78 is 25.3. The van der Waals surface area contributed by atoms with Crippen molar-refractivity contribution in [2.75, 3.05) is 5.43 Å². The van der Waals surface area contributed by atoms with E-state index in [4.69, 9.17) is 5.84 Å². The van der Waals surface area contributed by atoms with Crippen molar-refractivity contribution in [1.29, 1.82) is 0 Å². The molecule has 1 aromatic carbocycles. The Balaban J connectivity index is 2.68. The van der Waals surface area contributed by atoms with Gasteiger partial charge in [0.15, 0.2) is 0 Å². The zero-order valence-electron chi connectivity index (χ0n) is 9.37. The molecular formula is C12H13F2N3. The Kier molecular flexibility index (Phi) is 3.19. The molecule has 0 aliphatic carbocycles. The third-order valence-electron chi connectivity index (χ3n) is 2.68. The second-order valence-electron chi connectivity index (χ2n) is 3.74. The number of nitrogen functional groups attached to an aromatic ring is 1. The van der Waals surface area contributed by atoms with Gasteiger partial charge < -0.3 is 5.43 Å². The zero-order valence-corrected chi connectivity index (χ0v) is 9.37. The predicted molar refractivity (Wildman–Crippen MR) is 63.9 cm³/mol. The molecule has 0 amide bonds. The standard InChI is InChI=1S/C12H13F2N3/c1-2-7-3-4-9-8(5-7)10(17-15)6-11(16-9)12(13)14/h3-6,12H,2,15H2,1H3,(H,16,17). The highest BCUT2D eigenvalue weighted by Gasteiger charge is 2.12. The Labute approximate surface area is 97.6 Å². The Morgan fingerprint density at radius 2 is 2.12 bits per heavy atom. The third-order valence-corrected chi connectivity index (χ3v) is 2.68. The number of hydrogen-bond donors (Lipinski definition) is 2. The van der Waals surface area contributed by atoms with Crippen LogP contribution in [-0.4, -0.2) is 4.98 Å². The van der Waals surface area contributed by atoms with Gasteiger partial charge >= 0.3 is 0 Å². The molecule has 3 nitrogen and oxygen atoms in total. The Hall–Kier alpha value is -1.75. The van der Waals surface area contributed by atoms with E-state index in [9.17, 15) is 8.78 Å². The number of aromatic nitrogens is 1. The number of nitrogens with zero attached hydrogens (tertiary/aromatic N) is 1. The van der Waals surface area contributed by atoms with Crippen LogP contribution in [0.1, 0.15) is 24.6 Å². The number of halogens is 2. The molecule has 17 heavy (non-hydrogen) atoms. The first kappa shape index (κ1) is 11.7. The third kappa shape index (κ3) is 2.19. The Morgan fingerprint density at radius 1 is 1.35 bits per heavy atom. The van der Waals surface area contributed by atoms with E-state index in [2.05, 4.69) is 10.4 Å². The molecule has 0 spiro atoms. The maximum absolute atomic E-state index is 12.6. The predicted octanol–water partition coefficient (Wildman–Crippen LogP) is 3.02. The van der Waals surface area contributed by atoms with Crippen LogP contribution in [0.15, 0.2) is 24.3 Å². The normalized spacial score (nSPS) is 11.1. The average molecular weight is 237 g/mol. The molecule has 5 heteroatoms. The summed E-state index contributed by atoms with van der Waals surface area (Å²) in [6.07, 6.45) is -1.73. The number of hydrogen-bond acceptors (Lipinski definition) is 3. The fraction of sp³-hybridized carbons (Fsp3) is 0.250. The van der Waals surface area contributed by atoms with E-state index in [1.54, 1.807) is 6.07 Å². The van der Waals surface area contributed by atoms with Gasteiger partial charge in [-0.05, 0) is 30.2 Å². The van der Waals surface area contributed by atoms with Crippen molar-refractivity contribution >= 4 is 16.6 Å². The molecule has 0 saturated heterocycles. The van der Waals surface area contributed by atoms with Gasteiger partial charge in [-0.2, -0.15) is 0 Å². The van der Waals surface area contributed by atoms with E-state index in [0.717, 1.165) is 17.4 Å². The summed E-state index contributed by atoms with van der Waals surface area (Å²) in [6.45, 7) is 2.03. The lowest BCUT2D eigenvalue weighted by Gasteiger charge is -2.09. The fourth-order valence-electron chi connectivity index (χ4n) is 1.74. The van der Waals surface area contributed by atoms with E-state index in [1.165, 1.54) is 6.07 Å². The molecule has 90 valence electrons. The number of hydrazine groups is 1. The van der Waals surface area contributed by atoms with Crippen molar-refractivity contribution in [3.63, 3.8) is 0 Å². The van der Waals surface area contributed by atoms with Crippen LogP contribution in [-0.2, 0) is 6.42 Å². The van der Waals surface area contributed by atoms with E-state index >= 15 is 0 Å². The summed E-state index contributed by atoms with van der Waals surface area (Å²) in [6, 6.07) is 6.81. The Bertz CT molecular complexity index is 541. The molecule has 2 aromatic rings. The first-order valence-electron chi connectivity index (χ1n) is 5.34. The van der Waals surface area contributed by atoms with Crippen LogP contribution < -0.4 is 11.3 Å². The lowest BCUT2D eigenvalue weighted by molar-refractivity contribution is 0.146. The topological polar surface area (TPSA) is 50.9 Å². The van der Waals surface area contributed by atoms with Crippen molar-refractivity contribution < 1.29 is 8.78 Å². The molecular weight excluding hydrogens is 224 g/mol. The minimum atomic E-state index is -2.60. The van der Waals surface area contributed by atoms with Gasteiger partial charge in [-0.25, -0.2) is 13.8 Å². The highest BCUT2D eigenvalue weighted by molar-refractivity contribution is 5.91. The maximum Gasteiger partial charge on any atom is 0.280 e. The summed E-state index contributed by atoms with van der Waals surface area (Å²) in [4.78, 5) is 3.91. The van der Waals surface area contributed by atoms with Crippen LogP contribution in [0.4, 0.5) is 14.5 Å². The maximum atomic E-state index is 12.6. The molecule has 0 atom stereocenters. The lowest BCUT2D eigenvalue weighted by Crippen LogP contribution is -2.08. The van der Waals surface area contributed by atoms with E-state index < -0.39 is 6.43 Å². The van der Waals surface area contributed by atoms with E-state index in [0.29, 0.717) is 11.2 Å². The quantitative estimate of drug-likeness (QED) is 0.637. The summed E-state index contributed by atoms with van der Waals surface area (Å²) in [7, 11) is 0. The van der Waals surface area contributed by atoms with Gasteiger partial charge in [0.1, 0.15) is 5.69 Å². The first-order valence-corrected chi connectivity index (χ1v) is 5.34. The minimum absolute atomic E-state index is 0.269. The summed E-state index contributed by atoms with van der Waals surface area (Å²) >= 11 is 0. The number of fused-ring (bicyclic) bond motifs is 1. The molecule has 1 heterocycles. The van der Waals surface area contributed by atoms with Crippen LogP contribution in [0.2, 0.25) is 0 Å². The van der Waals surface area contributed by atoms with Gasteiger partial charge in [-0.3, -0.25) is 5.84 Å². The molecule has 0 bridgehead atoms. The molecule has 0 unspecified atom stereocenters. The van der Waals surface area contributed by atoms with E-state index in [1.807, 2.05) is 19.1 Å². The van der Waals surface area contributed by atoms with Gasteiger partial charge in [0.2, 0.25) is 0 Å². The molecule has 0 radical (unpaired) electrons. The lowest BCUT2D eigenvalue weighted by atomic mass is 10.1. The molecule has 0 aliphatic rings. The monoisotopic (exact) mass is 237 g/mol.